The van der Waals surface area contributed by atoms with Crippen LogP contribution in [0.5, 0.6) is 0 Å². The number of hydrazine groups is 1. The van der Waals surface area contributed by atoms with E-state index in [-0.39, 0.29) is 10.5 Å². The van der Waals surface area contributed by atoms with Crippen LogP contribution in [0.25, 0.3) is 0 Å². The summed E-state index contributed by atoms with van der Waals surface area (Å²) in [5.41, 5.74) is -0.102. The number of benzene rings is 1. The molecular formula is C17H20F3N5O5S. The summed E-state index contributed by atoms with van der Waals surface area (Å²) < 4.78 is 66.5. The first kappa shape index (κ1) is 24.3. The van der Waals surface area contributed by atoms with Crippen molar-refractivity contribution in [3.05, 3.63) is 48.0 Å². The summed E-state index contributed by atoms with van der Waals surface area (Å²) in [4.78, 5) is 27.5. The molecule has 14 heteroatoms. The van der Waals surface area contributed by atoms with Crippen LogP contribution < -0.4 is 10.9 Å². The lowest BCUT2D eigenvalue weighted by Gasteiger charge is -2.29. The van der Waals surface area contributed by atoms with E-state index in [4.69, 9.17) is 0 Å². The molecule has 0 aliphatic carbocycles. The highest BCUT2D eigenvalue weighted by molar-refractivity contribution is 7.89. The molecule has 0 radical (unpaired) electrons. The van der Waals surface area contributed by atoms with Crippen LogP contribution in [0.2, 0.25) is 0 Å². The zero-order chi connectivity index (χ0) is 23.6. The number of halogens is 3. The molecule has 1 unspecified atom stereocenters. The Bertz CT molecular complexity index is 1080. The second-order valence-electron chi connectivity index (χ2n) is 6.71. The minimum absolute atomic E-state index is 0.168. The van der Waals surface area contributed by atoms with E-state index >= 15 is 0 Å². The number of nitrogens with one attached hydrogen (secondary N) is 2. The molecule has 0 bridgehead atoms. The standard InChI is InChI=1S/C17H20F3N5O5S/c1-24(2)31(29,30)12-6-4-5-11(9-12)14(27)23-22-13(26)10-16(28,17(18,19)20)15-21-7-8-25(15)3/h4-9,28H,10H2,1-3H3,(H,22,26)(H,23,27). The van der Waals surface area contributed by atoms with Crippen LogP contribution in [0.1, 0.15) is 22.6 Å². The van der Waals surface area contributed by atoms with E-state index in [2.05, 4.69) is 4.98 Å². The minimum atomic E-state index is -5.23. The zero-order valence-corrected chi connectivity index (χ0v) is 17.5. The zero-order valence-electron chi connectivity index (χ0n) is 16.6. The van der Waals surface area contributed by atoms with Crippen molar-refractivity contribution in [1.82, 2.24) is 24.7 Å². The lowest BCUT2D eigenvalue weighted by molar-refractivity contribution is -0.271. The molecule has 1 atom stereocenters. The van der Waals surface area contributed by atoms with Crippen LogP contribution in [0.3, 0.4) is 0 Å². The molecule has 0 aliphatic heterocycles. The molecule has 170 valence electrons. The molecule has 0 fully saturated rings. The molecule has 10 nitrogen and oxygen atoms in total. The Kier molecular flexibility index (Phi) is 6.78. The Labute approximate surface area is 175 Å². The maximum Gasteiger partial charge on any atom is 0.425 e. The molecular weight excluding hydrogens is 443 g/mol. The molecule has 1 aromatic heterocycles. The molecule has 2 aromatic rings. The molecule has 0 saturated heterocycles. The fourth-order valence-electron chi connectivity index (χ4n) is 2.55. The van der Waals surface area contributed by atoms with Gasteiger partial charge in [0, 0.05) is 39.1 Å². The van der Waals surface area contributed by atoms with Crippen LogP contribution in [-0.4, -0.2) is 59.5 Å². The van der Waals surface area contributed by atoms with E-state index in [0.717, 1.165) is 21.1 Å². The monoisotopic (exact) mass is 463 g/mol. The molecule has 31 heavy (non-hydrogen) atoms. The summed E-state index contributed by atoms with van der Waals surface area (Å²) in [7, 11) is -0.0247. The second-order valence-corrected chi connectivity index (χ2v) is 8.87. The van der Waals surface area contributed by atoms with Crippen molar-refractivity contribution in [2.75, 3.05) is 14.1 Å². The van der Waals surface area contributed by atoms with E-state index in [1.165, 1.54) is 45.5 Å². The number of sulfonamides is 1. The number of aliphatic hydroxyl groups is 1. The van der Waals surface area contributed by atoms with Gasteiger partial charge in [-0.05, 0) is 18.2 Å². The number of amides is 2. The van der Waals surface area contributed by atoms with Gasteiger partial charge < -0.3 is 9.67 Å². The second kappa shape index (κ2) is 8.64. The van der Waals surface area contributed by atoms with Crippen molar-refractivity contribution in [1.29, 1.82) is 0 Å². The van der Waals surface area contributed by atoms with Gasteiger partial charge in [0.25, 0.3) is 5.91 Å². The van der Waals surface area contributed by atoms with Crippen LogP contribution in [-0.2, 0) is 27.5 Å². The number of hydrogen-bond donors (Lipinski definition) is 3. The quantitative estimate of drug-likeness (QED) is 0.527. The van der Waals surface area contributed by atoms with Gasteiger partial charge >= 0.3 is 6.18 Å². The minimum Gasteiger partial charge on any atom is -0.374 e. The largest absolute Gasteiger partial charge is 0.425 e. The predicted octanol–water partition coefficient (Wildman–Crippen LogP) is 0.272. The Morgan fingerprint density at radius 2 is 1.87 bits per heavy atom. The van der Waals surface area contributed by atoms with Gasteiger partial charge in [0.1, 0.15) is 0 Å². The number of nitrogens with zero attached hydrogens (tertiary/aromatic N) is 3. The number of aromatic nitrogens is 2. The van der Waals surface area contributed by atoms with E-state index in [9.17, 15) is 36.3 Å². The third kappa shape index (κ3) is 5.03. The third-order valence-electron chi connectivity index (χ3n) is 4.27. The Hall–Kier alpha value is -2.97. The van der Waals surface area contributed by atoms with Gasteiger partial charge in [0.05, 0.1) is 11.3 Å². The normalized spacial score (nSPS) is 14.2. The first-order valence-electron chi connectivity index (χ1n) is 8.59. The number of rotatable bonds is 6. The highest BCUT2D eigenvalue weighted by Gasteiger charge is 2.58. The Balaban J connectivity index is 2.14. The summed E-state index contributed by atoms with van der Waals surface area (Å²) in [6.45, 7) is 0. The van der Waals surface area contributed by atoms with E-state index in [0.29, 0.717) is 0 Å². The maximum atomic E-state index is 13.5. The lowest BCUT2D eigenvalue weighted by atomic mass is 9.97. The van der Waals surface area contributed by atoms with Gasteiger partial charge in [-0.25, -0.2) is 17.7 Å². The lowest BCUT2D eigenvalue weighted by Crippen LogP contribution is -2.50. The van der Waals surface area contributed by atoms with E-state index in [1.807, 2.05) is 5.43 Å². The van der Waals surface area contributed by atoms with Gasteiger partial charge in [0.15, 0.2) is 5.82 Å². The van der Waals surface area contributed by atoms with Crippen molar-refractivity contribution in [2.24, 2.45) is 7.05 Å². The third-order valence-corrected chi connectivity index (χ3v) is 6.08. The van der Waals surface area contributed by atoms with Crippen LogP contribution in [0.15, 0.2) is 41.6 Å². The first-order chi connectivity index (χ1) is 14.2. The number of imidazole rings is 1. The summed E-state index contributed by atoms with van der Waals surface area (Å²) in [5, 5.41) is 10.2. The maximum absolute atomic E-state index is 13.5. The van der Waals surface area contributed by atoms with Crippen molar-refractivity contribution in [3.63, 3.8) is 0 Å². The number of alkyl halides is 3. The molecule has 2 amide bonds. The van der Waals surface area contributed by atoms with Gasteiger partial charge in [0.2, 0.25) is 21.5 Å². The number of aryl methyl sites for hydroxylation is 1. The van der Waals surface area contributed by atoms with Crippen molar-refractivity contribution in [3.8, 4) is 0 Å². The average Bonchev–Trinajstić information content (AvgIpc) is 3.11. The van der Waals surface area contributed by atoms with Crippen molar-refractivity contribution < 1.29 is 36.3 Å². The van der Waals surface area contributed by atoms with Gasteiger partial charge in [-0.3, -0.25) is 20.4 Å². The first-order valence-corrected chi connectivity index (χ1v) is 10.0. The summed E-state index contributed by atoms with van der Waals surface area (Å²) in [5.74, 6) is -3.13. The van der Waals surface area contributed by atoms with Gasteiger partial charge in [-0.15, -0.1) is 0 Å². The molecule has 0 saturated carbocycles. The Morgan fingerprint density at radius 3 is 2.39 bits per heavy atom. The predicted molar refractivity (Wildman–Crippen MR) is 101 cm³/mol. The SMILES string of the molecule is CN(C)S(=O)(=O)c1cccc(C(=O)NNC(=O)CC(O)(c2nccn2C)C(F)(F)F)c1. The molecule has 2 rings (SSSR count). The summed E-state index contributed by atoms with van der Waals surface area (Å²) in [6, 6.07) is 4.82. The van der Waals surface area contributed by atoms with Crippen LogP contribution >= 0.6 is 0 Å². The molecule has 0 spiro atoms. The van der Waals surface area contributed by atoms with Gasteiger partial charge in [-0.1, -0.05) is 6.07 Å². The molecule has 1 aromatic carbocycles. The summed E-state index contributed by atoms with van der Waals surface area (Å²) >= 11 is 0. The van der Waals surface area contributed by atoms with Crippen LogP contribution in [0.4, 0.5) is 13.2 Å². The van der Waals surface area contributed by atoms with Crippen LogP contribution in [0, 0.1) is 0 Å². The molecule has 0 aliphatic rings. The number of hydrogen-bond acceptors (Lipinski definition) is 6. The smallest absolute Gasteiger partial charge is 0.374 e. The molecule has 3 N–H and O–H groups in total. The molecule has 1 heterocycles. The van der Waals surface area contributed by atoms with Crippen molar-refractivity contribution in [2.45, 2.75) is 23.1 Å². The van der Waals surface area contributed by atoms with Crippen molar-refractivity contribution >= 4 is 21.8 Å². The topological polar surface area (TPSA) is 134 Å². The Morgan fingerprint density at radius 1 is 1.23 bits per heavy atom. The average molecular weight is 463 g/mol. The van der Waals surface area contributed by atoms with E-state index in [1.54, 1.807) is 5.43 Å². The fraction of sp³-hybridized carbons (Fsp3) is 0.353. The fourth-order valence-corrected chi connectivity index (χ4v) is 3.50. The van der Waals surface area contributed by atoms with E-state index < -0.39 is 45.9 Å². The number of carbonyl (C=O) groups is 2. The highest BCUT2D eigenvalue weighted by atomic mass is 32.2. The summed E-state index contributed by atoms with van der Waals surface area (Å²) in [6.07, 6.45) is -4.51. The highest BCUT2D eigenvalue weighted by Crippen LogP contribution is 2.40. The van der Waals surface area contributed by atoms with Gasteiger partial charge in [-0.2, -0.15) is 13.2 Å². The number of carbonyl (C=O) groups excluding carboxylic acids is 2.